The van der Waals surface area contributed by atoms with Gasteiger partial charge in [-0.2, -0.15) is 0 Å². The number of ether oxygens (including phenoxy) is 1. The first-order chi connectivity index (χ1) is 7.66. The lowest BCUT2D eigenvalue weighted by molar-refractivity contribution is -0.00832. The van der Waals surface area contributed by atoms with Gasteiger partial charge in [-0.1, -0.05) is 6.07 Å². The maximum Gasteiger partial charge on any atom is 0.140 e. The largest absolute Gasteiger partial charge is 0.369 e. The molecule has 2 aromatic heterocycles. The number of hydrogen-bond donors (Lipinski definition) is 0. The first-order valence-corrected chi connectivity index (χ1v) is 5.78. The zero-order valence-electron chi connectivity index (χ0n) is 9.90. The number of pyridine rings is 1. The third-order valence-electron chi connectivity index (χ3n) is 3.26. The Kier molecular flexibility index (Phi) is 2.04. The number of imidazole rings is 1. The van der Waals surface area contributed by atoms with Gasteiger partial charge in [0.2, 0.25) is 0 Å². The standard InChI is InChI=1S/C13H16N2O/c1-8-5-4-6-15-12-10(3)16-9(2)7-11(12)14-13(8)15/h4-6,9-10H,7H2,1-3H3. The van der Waals surface area contributed by atoms with Crippen LogP contribution in [-0.4, -0.2) is 15.5 Å². The summed E-state index contributed by atoms with van der Waals surface area (Å²) in [5, 5.41) is 0. The average molecular weight is 216 g/mol. The first kappa shape index (κ1) is 9.85. The van der Waals surface area contributed by atoms with E-state index in [9.17, 15) is 0 Å². The summed E-state index contributed by atoms with van der Waals surface area (Å²) in [5.74, 6) is 0. The fraction of sp³-hybridized carbons (Fsp3) is 0.462. The minimum atomic E-state index is 0.135. The molecule has 0 aromatic carbocycles. The third-order valence-corrected chi connectivity index (χ3v) is 3.26. The molecule has 3 rings (SSSR count). The highest BCUT2D eigenvalue weighted by molar-refractivity contribution is 5.51. The van der Waals surface area contributed by atoms with Gasteiger partial charge in [0.05, 0.1) is 23.6 Å². The van der Waals surface area contributed by atoms with E-state index in [0.29, 0.717) is 0 Å². The number of nitrogens with zero attached hydrogens (tertiary/aromatic N) is 2. The molecule has 0 aliphatic carbocycles. The van der Waals surface area contributed by atoms with Crippen LogP contribution in [0.3, 0.4) is 0 Å². The highest BCUT2D eigenvalue weighted by Gasteiger charge is 2.26. The van der Waals surface area contributed by atoms with Gasteiger partial charge < -0.3 is 9.14 Å². The highest BCUT2D eigenvalue weighted by atomic mass is 16.5. The van der Waals surface area contributed by atoms with Crippen molar-refractivity contribution in [3.63, 3.8) is 0 Å². The molecule has 0 saturated carbocycles. The van der Waals surface area contributed by atoms with Gasteiger partial charge in [0.25, 0.3) is 0 Å². The van der Waals surface area contributed by atoms with Gasteiger partial charge in [0.1, 0.15) is 5.65 Å². The molecule has 3 heteroatoms. The average Bonchev–Trinajstić information content (AvgIpc) is 2.57. The number of fused-ring (bicyclic) bond motifs is 3. The Labute approximate surface area is 95.1 Å². The van der Waals surface area contributed by atoms with E-state index in [-0.39, 0.29) is 12.2 Å². The molecule has 1 aliphatic heterocycles. The van der Waals surface area contributed by atoms with Crippen molar-refractivity contribution in [1.29, 1.82) is 0 Å². The van der Waals surface area contributed by atoms with Crippen LogP contribution in [-0.2, 0) is 11.2 Å². The predicted molar refractivity (Wildman–Crippen MR) is 62.6 cm³/mol. The van der Waals surface area contributed by atoms with Crippen molar-refractivity contribution in [3.05, 3.63) is 35.3 Å². The molecule has 0 radical (unpaired) electrons. The van der Waals surface area contributed by atoms with Gasteiger partial charge in [-0.05, 0) is 32.4 Å². The maximum absolute atomic E-state index is 5.86. The summed E-state index contributed by atoms with van der Waals surface area (Å²) in [6.45, 7) is 6.31. The topological polar surface area (TPSA) is 26.5 Å². The molecule has 16 heavy (non-hydrogen) atoms. The predicted octanol–water partition coefficient (Wildman–Crippen LogP) is 2.66. The molecular weight excluding hydrogens is 200 g/mol. The molecule has 0 bridgehead atoms. The second-order valence-electron chi connectivity index (χ2n) is 4.62. The van der Waals surface area contributed by atoms with E-state index in [1.165, 1.54) is 17.0 Å². The second kappa shape index (κ2) is 3.32. The summed E-state index contributed by atoms with van der Waals surface area (Å²) in [5.41, 5.74) is 4.70. The lowest BCUT2D eigenvalue weighted by Gasteiger charge is -2.25. The van der Waals surface area contributed by atoms with Crippen molar-refractivity contribution >= 4 is 5.65 Å². The van der Waals surface area contributed by atoms with E-state index >= 15 is 0 Å². The van der Waals surface area contributed by atoms with Crippen LogP contribution in [0.15, 0.2) is 18.3 Å². The molecule has 0 spiro atoms. The van der Waals surface area contributed by atoms with Crippen molar-refractivity contribution in [2.45, 2.75) is 39.4 Å². The van der Waals surface area contributed by atoms with Crippen molar-refractivity contribution < 1.29 is 4.74 Å². The molecule has 3 heterocycles. The van der Waals surface area contributed by atoms with Crippen LogP contribution in [0.4, 0.5) is 0 Å². The Morgan fingerprint density at radius 3 is 3.06 bits per heavy atom. The number of aromatic nitrogens is 2. The van der Waals surface area contributed by atoms with Gasteiger partial charge in [-0.25, -0.2) is 4.98 Å². The maximum atomic E-state index is 5.86. The highest BCUT2D eigenvalue weighted by Crippen LogP contribution is 2.30. The van der Waals surface area contributed by atoms with Crippen LogP contribution in [0.2, 0.25) is 0 Å². The quantitative estimate of drug-likeness (QED) is 0.676. The van der Waals surface area contributed by atoms with E-state index in [1.807, 2.05) is 0 Å². The van der Waals surface area contributed by atoms with Crippen LogP contribution in [0.25, 0.3) is 5.65 Å². The SMILES string of the molecule is Cc1cccn2c3c(nc12)CC(C)OC3C. The van der Waals surface area contributed by atoms with Crippen LogP contribution >= 0.6 is 0 Å². The molecule has 0 saturated heterocycles. The van der Waals surface area contributed by atoms with Crippen molar-refractivity contribution in [1.82, 2.24) is 9.38 Å². The normalized spacial score (nSPS) is 24.7. The first-order valence-electron chi connectivity index (χ1n) is 5.78. The number of aryl methyl sites for hydroxylation is 1. The van der Waals surface area contributed by atoms with E-state index in [2.05, 4.69) is 43.5 Å². The zero-order valence-corrected chi connectivity index (χ0v) is 9.90. The minimum Gasteiger partial charge on any atom is -0.369 e. The lowest BCUT2D eigenvalue weighted by atomic mass is 10.1. The Morgan fingerprint density at radius 2 is 2.25 bits per heavy atom. The minimum absolute atomic E-state index is 0.135. The Balaban J connectivity index is 2.30. The fourth-order valence-electron chi connectivity index (χ4n) is 2.58. The van der Waals surface area contributed by atoms with E-state index in [1.54, 1.807) is 0 Å². The third kappa shape index (κ3) is 1.28. The van der Waals surface area contributed by atoms with Crippen molar-refractivity contribution in [3.8, 4) is 0 Å². The Bertz CT molecular complexity index is 544. The van der Waals surface area contributed by atoms with Gasteiger partial charge >= 0.3 is 0 Å². The number of hydrogen-bond acceptors (Lipinski definition) is 2. The van der Waals surface area contributed by atoms with Gasteiger partial charge in [-0.15, -0.1) is 0 Å². The number of rotatable bonds is 0. The molecule has 3 nitrogen and oxygen atoms in total. The summed E-state index contributed by atoms with van der Waals surface area (Å²) < 4.78 is 8.03. The molecule has 84 valence electrons. The lowest BCUT2D eigenvalue weighted by Crippen LogP contribution is -2.22. The molecule has 0 fully saturated rings. The molecule has 2 aromatic rings. The Morgan fingerprint density at radius 1 is 1.44 bits per heavy atom. The fourth-order valence-corrected chi connectivity index (χ4v) is 2.58. The molecule has 0 N–H and O–H groups in total. The van der Waals surface area contributed by atoms with Gasteiger partial charge in [0.15, 0.2) is 0 Å². The zero-order chi connectivity index (χ0) is 11.3. The van der Waals surface area contributed by atoms with Crippen LogP contribution < -0.4 is 0 Å². The molecule has 0 amide bonds. The second-order valence-corrected chi connectivity index (χ2v) is 4.62. The van der Waals surface area contributed by atoms with Gasteiger partial charge in [-0.3, -0.25) is 0 Å². The van der Waals surface area contributed by atoms with E-state index in [0.717, 1.165) is 12.1 Å². The molecule has 2 atom stereocenters. The van der Waals surface area contributed by atoms with Crippen molar-refractivity contribution in [2.24, 2.45) is 0 Å². The van der Waals surface area contributed by atoms with Crippen LogP contribution in [0.5, 0.6) is 0 Å². The monoisotopic (exact) mass is 216 g/mol. The van der Waals surface area contributed by atoms with Crippen molar-refractivity contribution in [2.75, 3.05) is 0 Å². The smallest absolute Gasteiger partial charge is 0.140 e. The molecule has 1 aliphatic rings. The van der Waals surface area contributed by atoms with Gasteiger partial charge in [0, 0.05) is 12.6 Å². The van der Waals surface area contributed by atoms with E-state index in [4.69, 9.17) is 9.72 Å². The summed E-state index contributed by atoms with van der Waals surface area (Å²) in [6.07, 6.45) is 3.40. The molecule has 2 unspecified atom stereocenters. The molecular formula is C13H16N2O. The summed E-state index contributed by atoms with van der Waals surface area (Å²) >= 11 is 0. The van der Waals surface area contributed by atoms with E-state index < -0.39 is 0 Å². The summed E-state index contributed by atoms with van der Waals surface area (Å²) in [6, 6.07) is 4.16. The summed E-state index contributed by atoms with van der Waals surface area (Å²) in [7, 11) is 0. The van der Waals surface area contributed by atoms with Crippen LogP contribution in [0, 0.1) is 6.92 Å². The summed E-state index contributed by atoms with van der Waals surface area (Å²) in [4.78, 5) is 4.74. The van der Waals surface area contributed by atoms with Crippen LogP contribution in [0.1, 0.15) is 36.9 Å². The Hall–Kier alpha value is -1.35.